The van der Waals surface area contributed by atoms with Gasteiger partial charge in [-0.3, -0.25) is 4.79 Å². The van der Waals surface area contributed by atoms with E-state index in [0.717, 1.165) is 38.9 Å². The van der Waals surface area contributed by atoms with Gasteiger partial charge < -0.3 is 22.2 Å². The third kappa shape index (κ3) is 4.50. The van der Waals surface area contributed by atoms with Crippen LogP contribution in [-0.2, 0) is 4.79 Å². The Morgan fingerprint density at radius 2 is 1.80 bits per heavy atom. The summed E-state index contributed by atoms with van der Waals surface area (Å²) in [6.07, 6.45) is 3.25. The Hall–Kier alpha value is -1.06. The molecule has 1 unspecified atom stereocenters. The molecule has 3 nitrogen and oxygen atoms in total. The highest BCUT2D eigenvalue weighted by Gasteiger charge is 2.27. The molecule has 1 saturated heterocycles. The molecule has 0 aromatic heterocycles. The number of nitrogens with one attached hydrogen (secondary N) is 1. The van der Waals surface area contributed by atoms with Gasteiger partial charge >= 0.3 is 0 Å². The second-order valence-electron chi connectivity index (χ2n) is 5.74. The third-order valence-corrected chi connectivity index (χ3v) is 3.85. The lowest BCUT2D eigenvalue weighted by atomic mass is 9.94. The fourth-order valence-corrected chi connectivity index (χ4v) is 2.71. The lowest BCUT2D eigenvalue weighted by Crippen LogP contribution is -3.05. The Kier molecular flexibility index (Phi) is 7.03. The van der Waals surface area contributed by atoms with Crippen molar-refractivity contribution in [2.45, 2.75) is 25.2 Å². The van der Waals surface area contributed by atoms with Crippen molar-refractivity contribution in [3.05, 3.63) is 35.9 Å². The molecular weight excluding hydrogens is 272 g/mol. The normalized spacial score (nSPS) is 16.1. The van der Waals surface area contributed by atoms with E-state index in [1.54, 1.807) is 0 Å². The first-order valence-corrected chi connectivity index (χ1v) is 7.31. The summed E-state index contributed by atoms with van der Waals surface area (Å²) in [5.41, 5.74) is 1.17. The SMILES string of the molecule is C[NH+](C)CCC(C(=O)N1CCCC1)c1ccccc1.[Cl-]. The standard InChI is InChI=1S/C16H24N2O.ClH/c1-17(2)13-10-15(14-8-4-3-5-9-14)16(19)18-11-6-7-12-18;/h3-5,8-9,15H,6-7,10-13H2,1-2H3;1H. The van der Waals surface area contributed by atoms with Crippen LogP contribution in [0.5, 0.6) is 0 Å². The van der Waals surface area contributed by atoms with Crippen LogP contribution in [0.3, 0.4) is 0 Å². The summed E-state index contributed by atoms with van der Waals surface area (Å²) in [6, 6.07) is 10.2. The van der Waals surface area contributed by atoms with Crippen molar-refractivity contribution in [3.63, 3.8) is 0 Å². The van der Waals surface area contributed by atoms with Gasteiger partial charge in [-0.25, -0.2) is 0 Å². The first-order valence-electron chi connectivity index (χ1n) is 7.31. The van der Waals surface area contributed by atoms with Crippen molar-refractivity contribution < 1.29 is 22.1 Å². The number of rotatable bonds is 5. The molecule has 112 valence electrons. The number of hydrogen-bond donors (Lipinski definition) is 1. The van der Waals surface area contributed by atoms with E-state index in [9.17, 15) is 4.79 Å². The number of benzene rings is 1. The van der Waals surface area contributed by atoms with Crippen LogP contribution in [0.1, 0.15) is 30.7 Å². The minimum atomic E-state index is 0. The van der Waals surface area contributed by atoms with E-state index >= 15 is 0 Å². The molecule has 1 aliphatic heterocycles. The van der Waals surface area contributed by atoms with Gasteiger partial charge in [0.2, 0.25) is 5.91 Å². The molecule has 2 rings (SSSR count). The minimum Gasteiger partial charge on any atom is -1.00 e. The molecule has 0 bridgehead atoms. The molecule has 1 aliphatic rings. The van der Waals surface area contributed by atoms with E-state index < -0.39 is 0 Å². The second kappa shape index (κ2) is 8.28. The van der Waals surface area contributed by atoms with Crippen LogP contribution in [0.2, 0.25) is 0 Å². The maximum absolute atomic E-state index is 12.7. The summed E-state index contributed by atoms with van der Waals surface area (Å²) in [7, 11) is 4.28. The summed E-state index contributed by atoms with van der Waals surface area (Å²) in [5.74, 6) is 0.360. The van der Waals surface area contributed by atoms with Crippen LogP contribution in [0.25, 0.3) is 0 Å². The second-order valence-corrected chi connectivity index (χ2v) is 5.74. The van der Waals surface area contributed by atoms with Crippen LogP contribution in [-0.4, -0.2) is 44.5 Å². The van der Waals surface area contributed by atoms with Crippen molar-refractivity contribution in [2.75, 3.05) is 33.7 Å². The maximum atomic E-state index is 12.7. The summed E-state index contributed by atoms with van der Waals surface area (Å²) in [4.78, 5) is 16.1. The Morgan fingerprint density at radius 3 is 2.35 bits per heavy atom. The Morgan fingerprint density at radius 1 is 1.20 bits per heavy atom. The smallest absolute Gasteiger partial charge is 0.230 e. The Balaban J connectivity index is 0.00000200. The topological polar surface area (TPSA) is 24.8 Å². The quantitative estimate of drug-likeness (QED) is 0.664. The van der Waals surface area contributed by atoms with Gasteiger partial charge in [-0.2, -0.15) is 0 Å². The monoisotopic (exact) mass is 296 g/mol. The van der Waals surface area contributed by atoms with Crippen molar-refractivity contribution in [2.24, 2.45) is 0 Å². The molecule has 1 aromatic carbocycles. The van der Waals surface area contributed by atoms with Crippen LogP contribution in [0.15, 0.2) is 30.3 Å². The summed E-state index contributed by atoms with van der Waals surface area (Å²) in [5, 5.41) is 0. The number of halogens is 1. The predicted octanol–water partition coefficient (Wildman–Crippen LogP) is -2.07. The number of likely N-dealkylation sites (tertiary alicyclic amines) is 1. The number of amides is 1. The zero-order chi connectivity index (χ0) is 13.7. The number of hydrogen-bond acceptors (Lipinski definition) is 1. The predicted molar refractivity (Wildman–Crippen MR) is 77.3 cm³/mol. The van der Waals surface area contributed by atoms with Crippen molar-refractivity contribution >= 4 is 5.91 Å². The largest absolute Gasteiger partial charge is 1.00 e. The molecule has 1 heterocycles. The van der Waals surface area contributed by atoms with E-state index in [1.165, 1.54) is 10.5 Å². The molecule has 20 heavy (non-hydrogen) atoms. The summed E-state index contributed by atoms with van der Waals surface area (Å²) in [6.45, 7) is 2.91. The molecular formula is C16H25ClN2O. The minimum absolute atomic E-state index is 0. The van der Waals surface area contributed by atoms with Gasteiger partial charge in [0.25, 0.3) is 0 Å². The Bertz CT molecular complexity index is 402. The zero-order valence-electron chi connectivity index (χ0n) is 12.4. The first kappa shape index (κ1) is 17.0. The average Bonchev–Trinajstić information content (AvgIpc) is 2.93. The molecule has 0 aliphatic carbocycles. The van der Waals surface area contributed by atoms with E-state index in [-0.39, 0.29) is 18.3 Å². The van der Waals surface area contributed by atoms with E-state index in [4.69, 9.17) is 0 Å². The van der Waals surface area contributed by atoms with Gasteiger partial charge in [-0.15, -0.1) is 0 Å². The molecule has 1 atom stereocenters. The molecule has 1 amide bonds. The van der Waals surface area contributed by atoms with Crippen molar-refractivity contribution in [1.29, 1.82) is 0 Å². The molecule has 1 N–H and O–H groups in total. The molecule has 0 radical (unpaired) electrons. The van der Waals surface area contributed by atoms with Gasteiger partial charge in [0.05, 0.1) is 26.6 Å². The number of quaternary nitrogens is 1. The van der Waals surface area contributed by atoms with Gasteiger partial charge in [0.15, 0.2) is 0 Å². The molecule has 1 aromatic rings. The molecule has 4 heteroatoms. The van der Waals surface area contributed by atoms with Gasteiger partial charge in [-0.1, -0.05) is 30.3 Å². The number of carbonyl (C=O) groups excluding carboxylic acids is 1. The highest BCUT2D eigenvalue weighted by atomic mass is 35.5. The van der Waals surface area contributed by atoms with Crippen molar-refractivity contribution in [1.82, 2.24) is 4.90 Å². The maximum Gasteiger partial charge on any atom is 0.230 e. The lowest BCUT2D eigenvalue weighted by Gasteiger charge is -2.24. The van der Waals surface area contributed by atoms with Crippen molar-refractivity contribution in [3.8, 4) is 0 Å². The molecule has 0 spiro atoms. The molecule has 1 fully saturated rings. The van der Waals surface area contributed by atoms with E-state index in [0.29, 0.717) is 5.91 Å². The van der Waals surface area contributed by atoms with E-state index in [1.807, 2.05) is 23.1 Å². The van der Waals surface area contributed by atoms with Crippen LogP contribution in [0, 0.1) is 0 Å². The Labute approximate surface area is 128 Å². The number of carbonyl (C=O) groups is 1. The van der Waals surface area contributed by atoms with Gasteiger partial charge in [-0.05, 0) is 18.4 Å². The summed E-state index contributed by atoms with van der Waals surface area (Å²) >= 11 is 0. The van der Waals surface area contributed by atoms with E-state index in [2.05, 4.69) is 26.2 Å². The van der Waals surface area contributed by atoms with Crippen LogP contribution >= 0.6 is 0 Å². The highest BCUT2D eigenvalue weighted by Crippen LogP contribution is 2.23. The third-order valence-electron chi connectivity index (χ3n) is 3.85. The fourth-order valence-electron chi connectivity index (χ4n) is 2.71. The first-order chi connectivity index (χ1) is 9.18. The lowest BCUT2D eigenvalue weighted by molar-refractivity contribution is -0.858. The van der Waals surface area contributed by atoms with Crippen LogP contribution in [0.4, 0.5) is 0 Å². The van der Waals surface area contributed by atoms with Gasteiger partial charge in [0.1, 0.15) is 0 Å². The fraction of sp³-hybridized carbons (Fsp3) is 0.562. The summed E-state index contributed by atoms with van der Waals surface area (Å²) < 4.78 is 0. The van der Waals surface area contributed by atoms with Gasteiger partial charge in [0, 0.05) is 19.5 Å². The highest BCUT2D eigenvalue weighted by molar-refractivity contribution is 5.84. The van der Waals surface area contributed by atoms with Crippen LogP contribution < -0.4 is 17.3 Å². The number of nitrogens with zero attached hydrogens (tertiary/aromatic N) is 1. The molecule has 0 saturated carbocycles. The zero-order valence-corrected chi connectivity index (χ0v) is 13.2. The average molecular weight is 297 g/mol.